The minimum atomic E-state index is -4.46. The second-order valence-corrected chi connectivity index (χ2v) is 4.05. The summed E-state index contributed by atoms with van der Waals surface area (Å²) in [4.78, 5) is 3.70. The first-order chi connectivity index (χ1) is 7.85. The molecule has 0 aliphatic carbocycles. The molecule has 0 bridgehead atoms. The van der Waals surface area contributed by atoms with Gasteiger partial charge in [0.2, 0.25) is 0 Å². The van der Waals surface area contributed by atoms with E-state index in [0.29, 0.717) is 6.42 Å². The Bertz CT molecular complexity index is 378. The van der Waals surface area contributed by atoms with Crippen molar-refractivity contribution in [3.8, 4) is 0 Å². The van der Waals surface area contributed by atoms with Crippen LogP contribution in [0.5, 0.6) is 0 Å². The summed E-state index contributed by atoms with van der Waals surface area (Å²) in [7, 11) is 0. The number of halogens is 3. The van der Waals surface area contributed by atoms with Crippen molar-refractivity contribution in [1.29, 1.82) is 0 Å². The van der Waals surface area contributed by atoms with E-state index in [1.165, 1.54) is 0 Å². The summed E-state index contributed by atoms with van der Waals surface area (Å²) in [6.45, 7) is 3.49. The Morgan fingerprint density at radius 2 is 1.88 bits per heavy atom. The number of aliphatic hydroxyl groups is 1. The van der Waals surface area contributed by atoms with Crippen molar-refractivity contribution in [2.24, 2.45) is 0 Å². The fourth-order valence-corrected chi connectivity index (χ4v) is 1.93. The summed E-state index contributed by atoms with van der Waals surface area (Å²) in [5, 5.41) is 10.3. The van der Waals surface area contributed by atoms with Gasteiger partial charge in [-0.3, -0.25) is 4.98 Å². The SMILES string of the molecule is CCCC(O)(CC)c1cnccc1C(F)(F)F. The summed E-state index contributed by atoms with van der Waals surface area (Å²) in [6, 6.07) is 0.908. The molecular weight excluding hydrogens is 231 g/mol. The largest absolute Gasteiger partial charge is 0.416 e. The molecular formula is C12H16F3NO. The van der Waals surface area contributed by atoms with E-state index in [1.54, 1.807) is 6.92 Å². The van der Waals surface area contributed by atoms with E-state index < -0.39 is 17.3 Å². The average molecular weight is 247 g/mol. The van der Waals surface area contributed by atoms with E-state index in [-0.39, 0.29) is 18.4 Å². The molecule has 17 heavy (non-hydrogen) atoms. The molecule has 1 N–H and O–H groups in total. The Morgan fingerprint density at radius 1 is 1.24 bits per heavy atom. The predicted octanol–water partition coefficient (Wildman–Crippen LogP) is 3.50. The lowest BCUT2D eigenvalue weighted by atomic mass is 9.85. The number of aromatic nitrogens is 1. The van der Waals surface area contributed by atoms with E-state index in [4.69, 9.17) is 0 Å². The fraction of sp³-hybridized carbons (Fsp3) is 0.583. The van der Waals surface area contributed by atoms with Crippen LogP contribution in [0.4, 0.5) is 13.2 Å². The van der Waals surface area contributed by atoms with Crippen LogP contribution in [-0.4, -0.2) is 10.1 Å². The fourth-order valence-electron chi connectivity index (χ4n) is 1.93. The monoisotopic (exact) mass is 247 g/mol. The van der Waals surface area contributed by atoms with Gasteiger partial charge in [0.25, 0.3) is 0 Å². The zero-order valence-corrected chi connectivity index (χ0v) is 9.88. The van der Waals surface area contributed by atoms with E-state index in [9.17, 15) is 18.3 Å². The highest BCUT2D eigenvalue weighted by Crippen LogP contribution is 2.39. The highest BCUT2D eigenvalue weighted by molar-refractivity contribution is 5.31. The van der Waals surface area contributed by atoms with Crippen molar-refractivity contribution in [3.63, 3.8) is 0 Å². The van der Waals surface area contributed by atoms with Gasteiger partial charge in [-0.15, -0.1) is 0 Å². The molecule has 0 saturated heterocycles. The zero-order chi connectivity index (χ0) is 13.1. The molecule has 0 amide bonds. The third-order valence-electron chi connectivity index (χ3n) is 2.88. The number of pyridine rings is 1. The van der Waals surface area contributed by atoms with Gasteiger partial charge in [0.1, 0.15) is 0 Å². The van der Waals surface area contributed by atoms with E-state index in [1.807, 2.05) is 6.92 Å². The molecule has 1 aromatic heterocycles. The molecule has 0 radical (unpaired) electrons. The van der Waals surface area contributed by atoms with Crippen LogP contribution in [0, 0.1) is 0 Å². The molecule has 1 rings (SSSR count). The lowest BCUT2D eigenvalue weighted by Gasteiger charge is -2.29. The molecule has 1 heterocycles. The zero-order valence-electron chi connectivity index (χ0n) is 9.88. The van der Waals surface area contributed by atoms with Crippen molar-refractivity contribution >= 4 is 0 Å². The highest BCUT2D eigenvalue weighted by atomic mass is 19.4. The van der Waals surface area contributed by atoms with Gasteiger partial charge in [-0.2, -0.15) is 13.2 Å². The number of hydrogen-bond acceptors (Lipinski definition) is 2. The summed E-state index contributed by atoms with van der Waals surface area (Å²) in [6.07, 6.45) is -1.13. The van der Waals surface area contributed by atoms with Gasteiger partial charge in [-0.25, -0.2) is 0 Å². The molecule has 0 aliphatic heterocycles. The lowest BCUT2D eigenvalue weighted by molar-refractivity contribution is -0.141. The Kier molecular flexibility index (Phi) is 4.14. The summed E-state index contributed by atoms with van der Waals surface area (Å²) >= 11 is 0. The Labute approximate surface area is 98.5 Å². The molecule has 5 heteroatoms. The second kappa shape index (κ2) is 5.04. The van der Waals surface area contributed by atoms with Crippen LogP contribution in [0.15, 0.2) is 18.5 Å². The maximum atomic E-state index is 12.8. The van der Waals surface area contributed by atoms with Gasteiger partial charge in [0, 0.05) is 18.0 Å². The van der Waals surface area contributed by atoms with Crippen molar-refractivity contribution in [2.75, 3.05) is 0 Å². The standard InChI is InChI=1S/C12H16F3NO/c1-3-6-11(17,4-2)10-8-16-7-5-9(10)12(13,14)15/h5,7-8,17H,3-4,6H2,1-2H3. The molecule has 1 aromatic rings. The summed E-state index contributed by atoms with van der Waals surface area (Å²) < 4.78 is 38.4. The number of hydrogen-bond donors (Lipinski definition) is 1. The Hall–Kier alpha value is -1.10. The molecule has 0 spiro atoms. The van der Waals surface area contributed by atoms with Gasteiger partial charge < -0.3 is 5.11 Å². The second-order valence-electron chi connectivity index (χ2n) is 4.05. The smallest absolute Gasteiger partial charge is 0.385 e. The van der Waals surface area contributed by atoms with E-state index >= 15 is 0 Å². The van der Waals surface area contributed by atoms with Gasteiger partial charge >= 0.3 is 6.18 Å². The van der Waals surface area contributed by atoms with Crippen LogP contribution in [0.3, 0.4) is 0 Å². The van der Waals surface area contributed by atoms with Crippen LogP contribution in [0.2, 0.25) is 0 Å². The molecule has 1 unspecified atom stereocenters. The summed E-state index contributed by atoms with van der Waals surface area (Å²) in [5.41, 5.74) is -2.38. The molecule has 0 fully saturated rings. The maximum Gasteiger partial charge on any atom is 0.416 e. The van der Waals surface area contributed by atoms with Gasteiger partial charge in [-0.05, 0) is 18.9 Å². The lowest BCUT2D eigenvalue weighted by Crippen LogP contribution is -2.28. The summed E-state index contributed by atoms with van der Waals surface area (Å²) in [5.74, 6) is 0. The van der Waals surface area contributed by atoms with Crippen molar-refractivity contribution in [1.82, 2.24) is 4.98 Å². The van der Waals surface area contributed by atoms with Crippen LogP contribution in [0.1, 0.15) is 44.2 Å². The van der Waals surface area contributed by atoms with Crippen molar-refractivity contribution in [2.45, 2.75) is 44.9 Å². The van der Waals surface area contributed by atoms with Crippen LogP contribution in [0.25, 0.3) is 0 Å². The Morgan fingerprint density at radius 3 is 2.35 bits per heavy atom. The molecule has 0 saturated carbocycles. The third kappa shape index (κ3) is 2.97. The maximum absolute atomic E-state index is 12.8. The van der Waals surface area contributed by atoms with Crippen LogP contribution < -0.4 is 0 Å². The molecule has 1 atom stereocenters. The van der Waals surface area contributed by atoms with Gasteiger partial charge in [0.15, 0.2) is 0 Å². The molecule has 0 aliphatic rings. The van der Waals surface area contributed by atoms with Crippen LogP contribution >= 0.6 is 0 Å². The Balaban J connectivity index is 3.29. The molecule has 96 valence electrons. The van der Waals surface area contributed by atoms with Crippen molar-refractivity contribution < 1.29 is 18.3 Å². The first-order valence-electron chi connectivity index (χ1n) is 5.59. The quantitative estimate of drug-likeness (QED) is 0.883. The van der Waals surface area contributed by atoms with Gasteiger partial charge in [-0.1, -0.05) is 20.3 Å². The minimum Gasteiger partial charge on any atom is -0.385 e. The highest BCUT2D eigenvalue weighted by Gasteiger charge is 2.39. The molecule has 2 nitrogen and oxygen atoms in total. The number of nitrogens with zero attached hydrogens (tertiary/aromatic N) is 1. The third-order valence-corrected chi connectivity index (χ3v) is 2.88. The van der Waals surface area contributed by atoms with Crippen molar-refractivity contribution in [3.05, 3.63) is 29.6 Å². The predicted molar refractivity (Wildman–Crippen MR) is 58.3 cm³/mol. The average Bonchev–Trinajstić information content (AvgIpc) is 2.28. The van der Waals surface area contributed by atoms with Gasteiger partial charge in [0.05, 0.1) is 11.2 Å². The minimum absolute atomic E-state index is 0.128. The first kappa shape index (κ1) is 14.0. The van der Waals surface area contributed by atoms with Crippen LogP contribution in [-0.2, 0) is 11.8 Å². The van der Waals surface area contributed by atoms with E-state index in [2.05, 4.69) is 4.98 Å². The molecule has 0 aromatic carbocycles. The topological polar surface area (TPSA) is 33.1 Å². The first-order valence-corrected chi connectivity index (χ1v) is 5.59. The normalized spacial score (nSPS) is 15.6. The number of alkyl halides is 3. The van der Waals surface area contributed by atoms with E-state index in [0.717, 1.165) is 18.5 Å². The number of rotatable bonds is 4.